The third kappa shape index (κ3) is 3.78. The van der Waals surface area contributed by atoms with Crippen LogP contribution in [0, 0.1) is 11.6 Å². The van der Waals surface area contributed by atoms with E-state index in [-0.39, 0.29) is 5.56 Å². The van der Waals surface area contributed by atoms with Gasteiger partial charge in [0.2, 0.25) is 0 Å². The molecule has 2 rings (SSSR count). The highest BCUT2D eigenvalue weighted by Crippen LogP contribution is 2.26. The smallest absolute Gasteiger partial charge is 0.333 e. The van der Waals surface area contributed by atoms with E-state index in [2.05, 4.69) is 26.0 Å². The van der Waals surface area contributed by atoms with Crippen LogP contribution in [0.4, 0.5) is 14.5 Å². The van der Waals surface area contributed by atoms with E-state index in [4.69, 9.17) is 0 Å². The molecule has 0 heterocycles. The van der Waals surface area contributed by atoms with Crippen molar-refractivity contribution in [3.63, 3.8) is 0 Å². The summed E-state index contributed by atoms with van der Waals surface area (Å²) in [7, 11) is 1.21. The lowest BCUT2D eigenvalue weighted by molar-refractivity contribution is -0.141. The van der Waals surface area contributed by atoms with Crippen molar-refractivity contribution in [2.45, 2.75) is 6.04 Å². The number of hydrogen-bond donors (Lipinski definition) is 1. The molecule has 21 heavy (non-hydrogen) atoms. The maximum absolute atomic E-state index is 14.0. The summed E-state index contributed by atoms with van der Waals surface area (Å²) in [6.07, 6.45) is 0. The number of ether oxygens (including phenoxy) is 1. The average molecular weight is 356 g/mol. The maximum Gasteiger partial charge on any atom is 0.333 e. The zero-order chi connectivity index (χ0) is 15.4. The summed E-state index contributed by atoms with van der Waals surface area (Å²) in [6, 6.07) is 8.72. The van der Waals surface area contributed by atoms with Crippen molar-refractivity contribution in [2.75, 3.05) is 12.4 Å². The van der Waals surface area contributed by atoms with Crippen LogP contribution in [0.3, 0.4) is 0 Å². The molecule has 0 saturated heterocycles. The van der Waals surface area contributed by atoms with Gasteiger partial charge in [0.15, 0.2) is 6.04 Å². The molecule has 2 aromatic carbocycles. The van der Waals surface area contributed by atoms with Gasteiger partial charge in [0.1, 0.15) is 11.6 Å². The van der Waals surface area contributed by atoms with Crippen LogP contribution in [0.1, 0.15) is 11.6 Å². The normalized spacial score (nSPS) is 11.8. The highest BCUT2D eigenvalue weighted by Gasteiger charge is 2.25. The summed E-state index contributed by atoms with van der Waals surface area (Å²) in [5.41, 5.74) is 0.463. The van der Waals surface area contributed by atoms with E-state index < -0.39 is 23.6 Å². The number of hydrogen-bond acceptors (Lipinski definition) is 3. The molecule has 0 aliphatic rings. The molecule has 0 aliphatic heterocycles. The minimum atomic E-state index is -1.07. The second kappa shape index (κ2) is 6.67. The van der Waals surface area contributed by atoms with Crippen LogP contribution in [-0.4, -0.2) is 13.1 Å². The summed E-state index contributed by atoms with van der Waals surface area (Å²) in [5, 5.41) is 2.78. The van der Waals surface area contributed by atoms with Gasteiger partial charge in [-0.05, 0) is 36.4 Å². The lowest BCUT2D eigenvalue weighted by Crippen LogP contribution is -2.23. The molecule has 110 valence electrons. The van der Waals surface area contributed by atoms with Gasteiger partial charge in [-0.2, -0.15) is 0 Å². The monoisotopic (exact) mass is 355 g/mol. The zero-order valence-electron chi connectivity index (χ0n) is 11.1. The minimum absolute atomic E-state index is 0.112. The molecule has 0 spiro atoms. The van der Waals surface area contributed by atoms with E-state index in [1.807, 2.05) is 0 Å². The fraction of sp³-hybridized carbons (Fsp3) is 0.133. The molecule has 0 aromatic heterocycles. The Hall–Kier alpha value is -1.95. The molecule has 0 radical (unpaired) electrons. The minimum Gasteiger partial charge on any atom is -0.467 e. The van der Waals surface area contributed by atoms with E-state index in [0.717, 1.165) is 0 Å². The van der Waals surface area contributed by atoms with E-state index in [1.165, 1.54) is 43.5 Å². The van der Waals surface area contributed by atoms with Crippen LogP contribution in [-0.2, 0) is 9.53 Å². The first-order valence-corrected chi connectivity index (χ1v) is 6.85. The number of carbonyl (C=O) groups is 1. The number of anilines is 1. The highest BCUT2D eigenvalue weighted by molar-refractivity contribution is 9.10. The van der Waals surface area contributed by atoms with E-state index in [0.29, 0.717) is 10.2 Å². The maximum atomic E-state index is 14.0. The molecule has 1 unspecified atom stereocenters. The molecule has 0 saturated carbocycles. The number of benzene rings is 2. The number of carbonyl (C=O) groups excluding carboxylic acids is 1. The lowest BCUT2D eigenvalue weighted by atomic mass is 10.1. The van der Waals surface area contributed by atoms with Crippen molar-refractivity contribution in [1.82, 2.24) is 0 Å². The number of nitrogens with one attached hydrogen (secondary N) is 1. The Bertz CT molecular complexity index is 664. The van der Waals surface area contributed by atoms with Gasteiger partial charge in [-0.3, -0.25) is 0 Å². The summed E-state index contributed by atoms with van der Waals surface area (Å²) < 4.78 is 32.5. The lowest BCUT2D eigenvalue weighted by Gasteiger charge is -2.19. The standard InChI is InChI=1S/C15H12BrF2NO2/c1-21-15(20)14(12-7-9(16)5-6-13(12)18)19-11-4-2-3-10(17)8-11/h2-8,14,19H,1H3. The first-order valence-electron chi connectivity index (χ1n) is 6.06. The second-order valence-electron chi connectivity index (χ2n) is 4.28. The Balaban J connectivity index is 2.39. The molecule has 0 bridgehead atoms. The van der Waals surface area contributed by atoms with E-state index >= 15 is 0 Å². The predicted molar refractivity (Wildman–Crippen MR) is 78.9 cm³/mol. The predicted octanol–water partition coefficient (Wildman–Crippen LogP) is 4.05. The highest BCUT2D eigenvalue weighted by atomic mass is 79.9. The van der Waals surface area contributed by atoms with Crippen LogP contribution < -0.4 is 5.32 Å². The van der Waals surface area contributed by atoms with Gasteiger partial charge in [-0.15, -0.1) is 0 Å². The molecular formula is C15H12BrF2NO2. The van der Waals surface area contributed by atoms with Gasteiger partial charge < -0.3 is 10.1 Å². The van der Waals surface area contributed by atoms with Crippen molar-refractivity contribution >= 4 is 27.6 Å². The Kier molecular flexibility index (Phi) is 4.90. The van der Waals surface area contributed by atoms with Crippen LogP contribution in [0.25, 0.3) is 0 Å². The molecule has 0 fully saturated rings. The van der Waals surface area contributed by atoms with Crippen LogP contribution in [0.15, 0.2) is 46.9 Å². The fourth-order valence-corrected chi connectivity index (χ4v) is 2.24. The molecule has 6 heteroatoms. The molecule has 0 amide bonds. The zero-order valence-corrected chi connectivity index (χ0v) is 12.7. The largest absolute Gasteiger partial charge is 0.467 e. The quantitative estimate of drug-likeness (QED) is 0.840. The van der Waals surface area contributed by atoms with Gasteiger partial charge >= 0.3 is 5.97 Å². The summed E-state index contributed by atoms with van der Waals surface area (Å²) in [4.78, 5) is 11.9. The van der Waals surface area contributed by atoms with Gasteiger partial charge in [0.25, 0.3) is 0 Å². The molecular weight excluding hydrogens is 344 g/mol. The Morgan fingerprint density at radius 2 is 2.00 bits per heavy atom. The molecule has 0 aliphatic carbocycles. The second-order valence-corrected chi connectivity index (χ2v) is 5.19. The number of methoxy groups -OCH3 is 1. The van der Waals surface area contributed by atoms with Crippen molar-refractivity contribution in [2.24, 2.45) is 0 Å². The Labute approximate surface area is 129 Å². The topological polar surface area (TPSA) is 38.3 Å². The van der Waals surface area contributed by atoms with Crippen molar-refractivity contribution in [1.29, 1.82) is 0 Å². The summed E-state index contributed by atoms with van der Waals surface area (Å²) >= 11 is 3.23. The first kappa shape index (κ1) is 15.4. The van der Waals surface area contributed by atoms with E-state index in [9.17, 15) is 13.6 Å². The van der Waals surface area contributed by atoms with Gasteiger partial charge in [0.05, 0.1) is 7.11 Å². The average Bonchev–Trinajstić information content (AvgIpc) is 2.47. The van der Waals surface area contributed by atoms with Crippen LogP contribution >= 0.6 is 15.9 Å². The molecule has 2 aromatic rings. The van der Waals surface area contributed by atoms with Gasteiger partial charge in [0, 0.05) is 15.7 Å². The molecule has 1 N–H and O–H groups in total. The summed E-state index contributed by atoms with van der Waals surface area (Å²) in [5.74, 6) is -1.69. The Morgan fingerprint density at radius 1 is 1.24 bits per heavy atom. The van der Waals surface area contributed by atoms with Crippen LogP contribution in [0.2, 0.25) is 0 Å². The van der Waals surface area contributed by atoms with E-state index in [1.54, 1.807) is 6.07 Å². The molecule has 1 atom stereocenters. The third-order valence-electron chi connectivity index (χ3n) is 2.84. The fourth-order valence-electron chi connectivity index (χ4n) is 1.86. The SMILES string of the molecule is COC(=O)C(Nc1cccc(F)c1)c1cc(Br)ccc1F. The number of halogens is 3. The van der Waals surface area contributed by atoms with Crippen LogP contribution in [0.5, 0.6) is 0 Å². The van der Waals surface area contributed by atoms with Crippen molar-refractivity contribution < 1.29 is 18.3 Å². The van der Waals surface area contributed by atoms with Crippen molar-refractivity contribution in [3.05, 3.63) is 64.1 Å². The van der Waals surface area contributed by atoms with Crippen molar-refractivity contribution in [3.8, 4) is 0 Å². The summed E-state index contributed by atoms with van der Waals surface area (Å²) in [6.45, 7) is 0. The molecule has 3 nitrogen and oxygen atoms in total. The first-order chi connectivity index (χ1) is 10.0. The Morgan fingerprint density at radius 3 is 2.67 bits per heavy atom. The number of rotatable bonds is 4. The van der Waals surface area contributed by atoms with Gasteiger partial charge in [-0.1, -0.05) is 22.0 Å². The number of esters is 1. The van der Waals surface area contributed by atoms with Gasteiger partial charge in [-0.25, -0.2) is 13.6 Å². The third-order valence-corrected chi connectivity index (χ3v) is 3.33.